The zero-order chi connectivity index (χ0) is 13.2. The number of aromatic nitrogens is 3. The second-order valence-electron chi connectivity index (χ2n) is 4.40. The van der Waals surface area contributed by atoms with E-state index in [9.17, 15) is 0 Å². The molecule has 1 unspecified atom stereocenters. The smallest absolute Gasteiger partial charge is 0.0856 e. The van der Waals surface area contributed by atoms with Crippen LogP contribution in [0, 0.1) is 0 Å². The van der Waals surface area contributed by atoms with E-state index in [2.05, 4.69) is 40.1 Å². The molecule has 0 bridgehead atoms. The van der Waals surface area contributed by atoms with Crippen LogP contribution in [0.15, 0.2) is 23.7 Å². The fraction of sp³-hybridized carbons (Fsp3) is 0.385. The first-order chi connectivity index (χ1) is 9.33. The van der Waals surface area contributed by atoms with Crippen LogP contribution in [-0.2, 0) is 6.54 Å². The van der Waals surface area contributed by atoms with Gasteiger partial charge >= 0.3 is 0 Å². The van der Waals surface area contributed by atoms with E-state index in [1.165, 1.54) is 14.3 Å². The number of aryl methyl sites for hydroxylation is 1. The minimum atomic E-state index is 0.172. The molecular formula is C13H16N4S2. The zero-order valence-electron chi connectivity index (χ0n) is 11.0. The van der Waals surface area contributed by atoms with Crippen molar-refractivity contribution in [3.05, 3.63) is 34.3 Å². The summed E-state index contributed by atoms with van der Waals surface area (Å²) in [7, 11) is 1.99. The molecule has 100 valence electrons. The predicted molar refractivity (Wildman–Crippen MR) is 80.9 cm³/mol. The largest absolute Gasteiger partial charge is 0.307 e. The lowest BCUT2D eigenvalue weighted by atomic mass is 10.2. The molecule has 0 aliphatic carbocycles. The number of hydrogen-bond acceptors (Lipinski definition) is 5. The van der Waals surface area contributed by atoms with Crippen molar-refractivity contribution in [2.45, 2.75) is 25.9 Å². The molecule has 0 saturated heterocycles. The van der Waals surface area contributed by atoms with Crippen molar-refractivity contribution >= 4 is 32.1 Å². The van der Waals surface area contributed by atoms with Gasteiger partial charge in [-0.1, -0.05) is 12.1 Å². The van der Waals surface area contributed by atoms with Crippen molar-refractivity contribution < 1.29 is 0 Å². The van der Waals surface area contributed by atoms with E-state index in [4.69, 9.17) is 0 Å². The molecule has 0 radical (unpaired) electrons. The molecule has 3 heterocycles. The summed E-state index contributed by atoms with van der Waals surface area (Å²) in [5, 5.41) is 13.8. The molecule has 0 aliphatic heterocycles. The maximum absolute atomic E-state index is 4.18. The van der Waals surface area contributed by atoms with Crippen molar-refractivity contribution in [3.8, 4) is 0 Å². The Morgan fingerprint density at radius 2 is 2.32 bits per heavy atom. The molecule has 4 nitrogen and oxygen atoms in total. The van der Waals surface area contributed by atoms with E-state index in [0.29, 0.717) is 0 Å². The standard InChI is InChI=1S/C13H16N4S2/c1-3-5-17-9(8-15-16-17)13(14-2)12-7-11-10(19-12)4-6-18-11/h4,6-8,13-14H,3,5H2,1-2H3. The second kappa shape index (κ2) is 5.40. The normalized spacial score (nSPS) is 13.2. The van der Waals surface area contributed by atoms with Gasteiger partial charge in [0.05, 0.1) is 17.9 Å². The Bertz CT molecular complexity index is 638. The third-order valence-electron chi connectivity index (χ3n) is 3.11. The van der Waals surface area contributed by atoms with Gasteiger partial charge in [0.15, 0.2) is 0 Å². The third kappa shape index (κ3) is 2.31. The molecule has 0 spiro atoms. The summed E-state index contributed by atoms with van der Waals surface area (Å²) in [4.78, 5) is 1.32. The lowest BCUT2D eigenvalue weighted by molar-refractivity contribution is 0.526. The fourth-order valence-electron chi connectivity index (χ4n) is 2.24. The molecule has 19 heavy (non-hydrogen) atoms. The van der Waals surface area contributed by atoms with Gasteiger partial charge in [-0.3, -0.25) is 0 Å². The number of nitrogens with zero attached hydrogens (tertiary/aromatic N) is 3. The summed E-state index contributed by atoms with van der Waals surface area (Å²) < 4.78 is 4.71. The average molecular weight is 292 g/mol. The fourth-order valence-corrected chi connectivity index (χ4v) is 4.48. The van der Waals surface area contributed by atoms with Crippen LogP contribution in [0.2, 0.25) is 0 Å². The molecular weight excluding hydrogens is 276 g/mol. The minimum absolute atomic E-state index is 0.172. The van der Waals surface area contributed by atoms with Crippen LogP contribution >= 0.6 is 22.7 Å². The Labute approximate surface area is 120 Å². The van der Waals surface area contributed by atoms with Gasteiger partial charge in [0, 0.05) is 20.8 Å². The summed E-state index contributed by atoms with van der Waals surface area (Å²) in [5.74, 6) is 0. The minimum Gasteiger partial charge on any atom is -0.307 e. The van der Waals surface area contributed by atoms with E-state index >= 15 is 0 Å². The number of nitrogens with one attached hydrogen (secondary N) is 1. The van der Waals surface area contributed by atoms with Crippen molar-refractivity contribution in [1.29, 1.82) is 0 Å². The van der Waals surface area contributed by atoms with Crippen LogP contribution in [0.3, 0.4) is 0 Å². The van der Waals surface area contributed by atoms with Crippen LogP contribution in [-0.4, -0.2) is 22.0 Å². The monoisotopic (exact) mass is 292 g/mol. The molecule has 0 aromatic carbocycles. The highest BCUT2D eigenvalue weighted by atomic mass is 32.1. The van der Waals surface area contributed by atoms with Crippen LogP contribution in [0.4, 0.5) is 0 Å². The Morgan fingerprint density at radius 3 is 3.05 bits per heavy atom. The topological polar surface area (TPSA) is 42.7 Å². The molecule has 1 N–H and O–H groups in total. The number of hydrogen-bond donors (Lipinski definition) is 1. The van der Waals surface area contributed by atoms with Crippen LogP contribution in [0.5, 0.6) is 0 Å². The lowest BCUT2D eigenvalue weighted by Crippen LogP contribution is -2.20. The summed E-state index contributed by atoms with van der Waals surface area (Å²) in [6.45, 7) is 3.06. The Kier molecular flexibility index (Phi) is 3.63. The van der Waals surface area contributed by atoms with E-state index in [1.807, 2.05) is 29.3 Å². The van der Waals surface area contributed by atoms with Crippen LogP contribution in [0.25, 0.3) is 9.40 Å². The molecule has 3 aromatic heterocycles. The van der Waals surface area contributed by atoms with Crippen molar-refractivity contribution in [2.75, 3.05) is 7.05 Å². The van der Waals surface area contributed by atoms with Gasteiger partial charge in [-0.15, -0.1) is 27.8 Å². The highest BCUT2D eigenvalue weighted by Gasteiger charge is 2.19. The van der Waals surface area contributed by atoms with Crippen molar-refractivity contribution in [3.63, 3.8) is 0 Å². The number of fused-ring (bicyclic) bond motifs is 1. The quantitative estimate of drug-likeness (QED) is 0.785. The molecule has 1 atom stereocenters. The SMILES string of the molecule is CCCn1nncc1C(NC)c1cc2sccc2s1. The van der Waals surface area contributed by atoms with E-state index < -0.39 is 0 Å². The van der Waals surface area contributed by atoms with Crippen molar-refractivity contribution in [1.82, 2.24) is 20.3 Å². The number of thiophene rings is 2. The first-order valence-corrected chi connectivity index (χ1v) is 8.05. The van der Waals surface area contributed by atoms with Gasteiger partial charge in [0.1, 0.15) is 0 Å². The summed E-state index contributed by atoms with van der Waals surface area (Å²) in [6, 6.07) is 4.63. The second-order valence-corrected chi connectivity index (χ2v) is 6.46. The zero-order valence-corrected chi connectivity index (χ0v) is 12.6. The van der Waals surface area contributed by atoms with E-state index in [-0.39, 0.29) is 6.04 Å². The Morgan fingerprint density at radius 1 is 1.42 bits per heavy atom. The van der Waals surface area contributed by atoms with Gasteiger partial charge in [-0.25, -0.2) is 4.68 Å². The molecule has 3 aromatic rings. The van der Waals surface area contributed by atoms with Gasteiger partial charge < -0.3 is 5.32 Å². The lowest BCUT2D eigenvalue weighted by Gasteiger charge is -2.15. The predicted octanol–water partition coefficient (Wildman–Crippen LogP) is 3.27. The maximum atomic E-state index is 4.18. The summed E-state index contributed by atoms with van der Waals surface area (Å²) in [6.07, 6.45) is 2.93. The summed E-state index contributed by atoms with van der Waals surface area (Å²) in [5.41, 5.74) is 1.14. The molecule has 0 saturated carbocycles. The first kappa shape index (κ1) is 12.8. The third-order valence-corrected chi connectivity index (χ3v) is 5.27. The van der Waals surface area contributed by atoms with Gasteiger partial charge in [0.2, 0.25) is 0 Å². The van der Waals surface area contributed by atoms with Gasteiger partial charge in [-0.05, 0) is 31.0 Å². The first-order valence-electron chi connectivity index (χ1n) is 6.36. The highest BCUT2D eigenvalue weighted by molar-refractivity contribution is 7.27. The van der Waals surface area contributed by atoms with Crippen LogP contribution < -0.4 is 5.32 Å². The van der Waals surface area contributed by atoms with Gasteiger partial charge in [-0.2, -0.15) is 0 Å². The van der Waals surface area contributed by atoms with E-state index in [0.717, 1.165) is 18.7 Å². The van der Waals surface area contributed by atoms with Gasteiger partial charge in [0.25, 0.3) is 0 Å². The average Bonchev–Trinajstić information content (AvgIpc) is 3.07. The number of rotatable bonds is 5. The molecule has 0 fully saturated rings. The molecule has 0 aliphatic rings. The Balaban J connectivity index is 1.99. The highest BCUT2D eigenvalue weighted by Crippen LogP contribution is 2.35. The molecule has 6 heteroatoms. The summed E-state index contributed by atoms with van der Waals surface area (Å²) >= 11 is 3.63. The van der Waals surface area contributed by atoms with Crippen LogP contribution in [0.1, 0.15) is 30.0 Å². The van der Waals surface area contributed by atoms with Crippen molar-refractivity contribution in [2.24, 2.45) is 0 Å². The molecule has 0 amide bonds. The van der Waals surface area contributed by atoms with E-state index in [1.54, 1.807) is 11.3 Å². The molecule has 3 rings (SSSR count). The maximum Gasteiger partial charge on any atom is 0.0856 e. The Hall–Kier alpha value is -1.24.